The molecule has 0 spiro atoms. The van der Waals surface area contributed by atoms with E-state index in [9.17, 15) is 9.59 Å². The minimum atomic E-state index is -0.482. The fraction of sp³-hybridized carbons (Fsp3) is 0.200. The first-order chi connectivity index (χ1) is 15.4. The second-order valence-electron chi connectivity index (χ2n) is 7.17. The number of nitrogens with one attached hydrogen (secondary N) is 2. The number of benzene rings is 1. The molecule has 3 rings (SSSR count). The van der Waals surface area contributed by atoms with Crippen LogP contribution in [0, 0.1) is 18.8 Å². The third-order valence-corrected chi connectivity index (χ3v) is 4.79. The zero-order chi connectivity index (χ0) is 23.1. The smallest absolute Gasteiger partial charge is 0.339 e. The fourth-order valence-electron chi connectivity index (χ4n) is 2.89. The number of hydrogen-bond donors (Lipinski definition) is 2. The third-order valence-electron chi connectivity index (χ3n) is 4.79. The molecule has 2 N–H and O–H groups in total. The van der Waals surface area contributed by atoms with Crippen LogP contribution >= 0.6 is 0 Å². The maximum atomic E-state index is 12.3. The van der Waals surface area contributed by atoms with Crippen LogP contribution < -0.4 is 10.6 Å². The monoisotopic (exact) mass is 428 g/mol. The number of amides is 1. The predicted molar refractivity (Wildman–Crippen MR) is 123 cm³/mol. The van der Waals surface area contributed by atoms with Crippen molar-refractivity contribution in [3.05, 3.63) is 77.2 Å². The number of nitrogens with zero attached hydrogens (tertiary/aromatic N) is 2. The number of hydrogen-bond acceptors (Lipinski definition) is 6. The minimum absolute atomic E-state index is 0.209. The van der Waals surface area contributed by atoms with Crippen LogP contribution in [-0.4, -0.2) is 42.0 Å². The molecule has 1 amide bonds. The van der Waals surface area contributed by atoms with E-state index in [1.165, 1.54) is 13.3 Å². The van der Waals surface area contributed by atoms with E-state index in [0.717, 1.165) is 11.1 Å². The van der Waals surface area contributed by atoms with Gasteiger partial charge in [0.2, 0.25) is 5.91 Å². The molecular weight excluding hydrogens is 404 g/mol. The van der Waals surface area contributed by atoms with E-state index < -0.39 is 5.97 Å². The number of methoxy groups -OCH3 is 1. The lowest BCUT2D eigenvalue weighted by molar-refractivity contribution is -0.117. The summed E-state index contributed by atoms with van der Waals surface area (Å²) in [5.41, 5.74) is 4.06. The molecule has 1 aromatic carbocycles. The van der Waals surface area contributed by atoms with Crippen molar-refractivity contribution in [3.63, 3.8) is 0 Å². The van der Waals surface area contributed by atoms with Crippen molar-refractivity contribution in [2.75, 3.05) is 19.5 Å². The highest BCUT2D eigenvalue weighted by Crippen LogP contribution is 2.24. The summed E-state index contributed by atoms with van der Waals surface area (Å²) in [7, 11) is 3.03. The molecule has 7 heteroatoms. The van der Waals surface area contributed by atoms with Gasteiger partial charge in [0.05, 0.1) is 18.7 Å². The zero-order valence-electron chi connectivity index (χ0n) is 18.4. The second-order valence-corrected chi connectivity index (χ2v) is 7.17. The van der Waals surface area contributed by atoms with E-state index in [1.54, 1.807) is 38.4 Å². The van der Waals surface area contributed by atoms with Gasteiger partial charge < -0.3 is 15.4 Å². The number of carbonyl (C=O) groups is 2. The first-order valence-corrected chi connectivity index (χ1v) is 10.0. The minimum Gasteiger partial charge on any atom is -0.465 e. The Kier molecular flexibility index (Phi) is 7.32. The maximum Gasteiger partial charge on any atom is 0.339 e. The van der Waals surface area contributed by atoms with Crippen LogP contribution in [0.15, 0.2) is 54.9 Å². The van der Waals surface area contributed by atoms with Gasteiger partial charge in [-0.15, -0.1) is 0 Å². The number of ether oxygens (including phenoxy) is 1. The van der Waals surface area contributed by atoms with Crippen LogP contribution in [-0.2, 0) is 9.53 Å². The molecule has 0 aliphatic heterocycles. The molecular formula is C25H24N4O3. The summed E-state index contributed by atoms with van der Waals surface area (Å²) in [6.07, 6.45) is 3.07. The number of rotatable bonds is 5. The molecule has 0 fully saturated rings. The summed E-state index contributed by atoms with van der Waals surface area (Å²) in [5.74, 6) is 5.92. The van der Waals surface area contributed by atoms with Crippen molar-refractivity contribution in [3.8, 4) is 23.0 Å². The first-order valence-electron chi connectivity index (χ1n) is 10.0. The summed E-state index contributed by atoms with van der Waals surface area (Å²) in [4.78, 5) is 32.9. The van der Waals surface area contributed by atoms with Crippen molar-refractivity contribution in [1.82, 2.24) is 15.3 Å². The van der Waals surface area contributed by atoms with Gasteiger partial charge in [-0.05, 0) is 62.7 Å². The number of anilines is 1. The Labute approximate surface area is 187 Å². The van der Waals surface area contributed by atoms with Crippen LogP contribution in [0.1, 0.15) is 34.1 Å². The standard InChI is InChI=1S/C25H24N4O3/c1-16-6-5-7-18(12-16)8-10-22-21(19-13-20(15-27-14-19)25(31)32-4)9-11-23(28-22)29-24(30)17(2)26-3/h5-7,9,11-15,17,26H,1-4H3,(H,28,29,30). The lowest BCUT2D eigenvalue weighted by Crippen LogP contribution is -2.35. The number of likely N-dealkylation sites (N-methyl/N-ethyl adjacent to an activating group) is 1. The van der Waals surface area contributed by atoms with Crippen LogP contribution in [0.2, 0.25) is 0 Å². The molecule has 3 aromatic rings. The van der Waals surface area contributed by atoms with Gasteiger partial charge >= 0.3 is 5.97 Å². The SMILES string of the molecule is CNC(C)C(=O)Nc1ccc(-c2cncc(C(=O)OC)c2)c(C#Cc2cccc(C)c2)n1. The van der Waals surface area contributed by atoms with Crippen molar-refractivity contribution in [2.24, 2.45) is 0 Å². The van der Waals surface area contributed by atoms with Gasteiger partial charge in [-0.3, -0.25) is 9.78 Å². The van der Waals surface area contributed by atoms with Crippen molar-refractivity contribution >= 4 is 17.7 Å². The molecule has 2 heterocycles. The van der Waals surface area contributed by atoms with E-state index in [2.05, 4.69) is 32.4 Å². The molecule has 0 aliphatic carbocycles. The summed E-state index contributed by atoms with van der Waals surface area (Å²) >= 11 is 0. The molecule has 1 atom stereocenters. The predicted octanol–water partition coefficient (Wildman–Crippen LogP) is 3.18. The van der Waals surface area contributed by atoms with Gasteiger partial charge in [0.1, 0.15) is 11.5 Å². The van der Waals surface area contributed by atoms with Gasteiger partial charge in [0, 0.05) is 29.1 Å². The highest BCUT2D eigenvalue weighted by molar-refractivity contribution is 5.94. The van der Waals surface area contributed by atoms with Crippen molar-refractivity contribution in [2.45, 2.75) is 19.9 Å². The molecule has 1 unspecified atom stereocenters. The topological polar surface area (TPSA) is 93.2 Å². The summed E-state index contributed by atoms with van der Waals surface area (Å²) < 4.78 is 4.79. The lowest BCUT2D eigenvalue weighted by Gasteiger charge is -2.12. The Hall–Kier alpha value is -4.02. The second kappa shape index (κ2) is 10.3. The van der Waals surface area contributed by atoms with E-state index in [-0.39, 0.29) is 11.9 Å². The highest BCUT2D eigenvalue weighted by atomic mass is 16.5. The van der Waals surface area contributed by atoms with Crippen LogP contribution in [0.25, 0.3) is 11.1 Å². The summed E-state index contributed by atoms with van der Waals surface area (Å²) in [5, 5.41) is 5.68. The Balaban J connectivity index is 2.06. The molecule has 0 aliphatic rings. The molecule has 0 saturated heterocycles. The normalized spacial score (nSPS) is 11.1. The zero-order valence-corrected chi connectivity index (χ0v) is 18.4. The first kappa shape index (κ1) is 22.7. The Bertz CT molecular complexity index is 1210. The molecule has 162 valence electrons. The third kappa shape index (κ3) is 5.56. The quantitative estimate of drug-likeness (QED) is 0.479. The van der Waals surface area contributed by atoms with Gasteiger partial charge in [-0.2, -0.15) is 0 Å². The Morgan fingerprint density at radius 2 is 1.91 bits per heavy atom. The lowest BCUT2D eigenvalue weighted by atomic mass is 10.0. The molecule has 0 bridgehead atoms. The number of pyridine rings is 2. The van der Waals surface area contributed by atoms with Gasteiger partial charge in [-0.25, -0.2) is 9.78 Å². The number of aromatic nitrogens is 2. The number of carbonyl (C=O) groups excluding carboxylic acids is 2. The average molecular weight is 428 g/mol. The van der Waals surface area contributed by atoms with E-state index in [0.29, 0.717) is 28.2 Å². The van der Waals surface area contributed by atoms with E-state index in [1.807, 2.05) is 31.2 Å². The molecule has 7 nitrogen and oxygen atoms in total. The molecule has 32 heavy (non-hydrogen) atoms. The van der Waals surface area contributed by atoms with Crippen molar-refractivity contribution in [1.29, 1.82) is 0 Å². The molecule has 2 aromatic heterocycles. The Morgan fingerprint density at radius 1 is 1.09 bits per heavy atom. The van der Waals surface area contributed by atoms with Gasteiger partial charge in [0.25, 0.3) is 0 Å². The maximum absolute atomic E-state index is 12.3. The molecule has 0 saturated carbocycles. The molecule has 0 radical (unpaired) electrons. The van der Waals surface area contributed by atoms with Crippen molar-refractivity contribution < 1.29 is 14.3 Å². The summed E-state index contributed by atoms with van der Waals surface area (Å²) in [6.45, 7) is 3.75. The van der Waals surface area contributed by atoms with E-state index >= 15 is 0 Å². The fourth-order valence-corrected chi connectivity index (χ4v) is 2.89. The van der Waals surface area contributed by atoms with Gasteiger partial charge in [0.15, 0.2) is 0 Å². The Morgan fingerprint density at radius 3 is 2.62 bits per heavy atom. The highest BCUT2D eigenvalue weighted by Gasteiger charge is 2.14. The number of aryl methyl sites for hydroxylation is 1. The van der Waals surface area contributed by atoms with Crippen LogP contribution in [0.5, 0.6) is 0 Å². The largest absolute Gasteiger partial charge is 0.465 e. The van der Waals surface area contributed by atoms with Crippen LogP contribution in [0.3, 0.4) is 0 Å². The van der Waals surface area contributed by atoms with E-state index in [4.69, 9.17) is 4.74 Å². The van der Waals surface area contributed by atoms with Crippen LogP contribution in [0.4, 0.5) is 5.82 Å². The summed E-state index contributed by atoms with van der Waals surface area (Å²) in [6, 6.07) is 12.6. The number of esters is 1. The average Bonchev–Trinajstić information content (AvgIpc) is 2.81. The van der Waals surface area contributed by atoms with Gasteiger partial charge in [-0.1, -0.05) is 18.1 Å².